The van der Waals surface area contributed by atoms with Crippen molar-refractivity contribution in [2.75, 3.05) is 57.4 Å². The van der Waals surface area contributed by atoms with Crippen molar-refractivity contribution in [2.24, 2.45) is 0 Å². The molecule has 7 nitrogen and oxygen atoms in total. The highest BCUT2D eigenvalue weighted by atomic mass is 35.5. The predicted molar refractivity (Wildman–Crippen MR) is 129 cm³/mol. The SMILES string of the molecule is Clc1cccc(N2CCN(CCCNCc3cc(-c4ccc5c(c4)OCCO5)no3)CC2)c1. The first-order chi connectivity index (χ1) is 16.2. The van der Waals surface area contributed by atoms with Gasteiger partial charge in [-0.3, -0.25) is 4.90 Å². The number of anilines is 1. The van der Waals surface area contributed by atoms with Gasteiger partial charge in [-0.05, 0) is 55.9 Å². The van der Waals surface area contributed by atoms with Crippen LogP contribution >= 0.6 is 11.6 Å². The Bertz CT molecular complexity index is 1070. The molecular weight excluding hydrogens is 440 g/mol. The summed E-state index contributed by atoms with van der Waals surface area (Å²) >= 11 is 6.13. The molecule has 3 heterocycles. The normalized spacial score (nSPS) is 16.2. The Morgan fingerprint density at radius 3 is 2.64 bits per heavy atom. The maximum absolute atomic E-state index is 6.13. The molecule has 1 aromatic heterocycles. The van der Waals surface area contributed by atoms with E-state index in [1.165, 1.54) is 5.69 Å². The van der Waals surface area contributed by atoms with Crippen LogP contribution in [0.25, 0.3) is 11.3 Å². The number of hydrogen-bond donors (Lipinski definition) is 1. The lowest BCUT2D eigenvalue weighted by Gasteiger charge is -2.36. The van der Waals surface area contributed by atoms with Gasteiger partial charge >= 0.3 is 0 Å². The molecule has 2 aliphatic rings. The van der Waals surface area contributed by atoms with E-state index in [-0.39, 0.29) is 0 Å². The zero-order valence-electron chi connectivity index (χ0n) is 18.6. The smallest absolute Gasteiger partial charge is 0.162 e. The van der Waals surface area contributed by atoms with Crippen LogP contribution in [0.15, 0.2) is 53.1 Å². The number of piperazine rings is 1. The Morgan fingerprint density at radius 1 is 0.939 bits per heavy atom. The number of aromatic nitrogens is 1. The van der Waals surface area contributed by atoms with E-state index in [4.69, 9.17) is 25.6 Å². The minimum absolute atomic E-state index is 0.571. The zero-order valence-corrected chi connectivity index (χ0v) is 19.4. The molecule has 0 unspecified atom stereocenters. The standard InChI is InChI=1S/C25H29ClN4O3/c26-20-3-1-4-21(16-20)30-11-9-29(10-12-30)8-2-7-27-18-22-17-23(28-33-22)19-5-6-24-25(15-19)32-14-13-31-24/h1,3-6,15-17,27H,2,7-14,18H2. The number of halogens is 1. The molecule has 0 bridgehead atoms. The molecule has 1 saturated heterocycles. The number of ether oxygens (including phenoxy) is 2. The lowest BCUT2D eigenvalue weighted by Crippen LogP contribution is -2.47. The first-order valence-electron chi connectivity index (χ1n) is 11.5. The molecule has 0 aliphatic carbocycles. The van der Waals surface area contributed by atoms with Crippen molar-refractivity contribution in [2.45, 2.75) is 13.0 Å². The van der Waals surface area contributed by atoms with Gasteiger partial charge in [0.05, 0.1) is 6.54 Å². The first-order valence-corrected chi connectivity index (χ1v) is 11.9. The molecule has 0 atom stereocenters. The van der Waals surface area contributed by atoms with Crippen LogP contribution in [0.3, 0.4) is 0 Å². The Labute approximate surface area is 199 Å². The van der Waals surface area contributed by atoms with Crippen molar-refractivity contribution in [3.8, 4) is 22.8 Å². The maximum atomic E-state index is 6.13. The van der Waals surface area contributed by atoms with Gasteiger partial charge in [-0.15, -0.1) is 0 Å². The summed E-state index contributed by atoms with van der Waals surface area (Å²) in [6, 6.07) is 16.0. The van der Waals surface area contributed by atoms with Gasteiger partial charge in [-0.25, -0.2) is 0 Å². The second-order valence-corrected chi connectivity index (χ2v) is 8.81. The largest absolute Gasteiger partial charge is 0.486 e. The quantitative estimate of drug-likeness (QED) is 0.500. The summed E-state index contributed by atoms with van der Waals surface area (Å²) in [5, 5.41) is 8.48. The van der Waals surface area contributed by atoms with Crippen molar-refractivity contribution in [1.82, 2.24) is 15.4 Å². The van der Waals surface area contributed by atoms with Crippen molar-refractivity contribution in [3.63, 3.8) is 0 Å². The fourth-order valence-electron chi connectivity index (χ4n) is 4.28. The summed E-state index contributed by atoms with van der Waals surface area (Å²) < 4.78 is 16.8. The minimum atomic E-state index is 0.571. The van der Waals surface area contributed by atoms with Gasteiger partial charge in [-0.1, -0.05) is 22.8 Å². The molecule has 174 valence electrons. The third-order valence-electron chi connectivity index (χ3n) is 6.07. The van der Waals surface area contributed by atoms with E-state index in [0.717, 1.165) is 79.2 Å². The molecule has 2 aliphatic heterocycles. The van der Waals surface area contributed by atoms with E-state index < -0.39 is 0 Å². The molecule has 3 aromatic rings. The number of benzene rings is 2. The number of hydrogen-bond acceptors (Lipinski definition) is 7. The molecule has 0 spiro atoms. The molecule has 0 amide bonds. The summed E-state index contributed by atoms with van der Waals surface area (Å²) in [6.07, 6.45) is 1.10. The van der Waals surface area contributed by atoms with Crippen molar-refractivity contribution in [1.29, 1.82) is 0 Å². The maximum Gasteiger partial charge on any atom is 0.162 e. The van der Waals surface area contributed by atoms with E-state index in [0.29, 0.717) is 19.8 Å². The van der Waals surface area contributed by atoms with E-state index in [2.05, 4.69) is 26.3 Å². The fraction of sp³-hybridized carbons (Fsp3) is 0.400. The highest BCUT2D eigenvalue weighted by Crippen LogP contribution is 2.34. The average molecular weight is 469 g/mol. The Hall–Kier alpha value is -2.74. The second kappa shape index (κ2) is 10.5. The van der Waals surface area contributed by atoms with Gasteiger partial charge in [0.15, 0.2) is 17.3 Å². The summed E-state index contributed by atoms with van der Waals surface area (Å²) in [6.45, 7) is 8.08. The Morgan fingerprint density at radius 2 is 1.79 bits per heavy atom. The van der Waals surface area contributed by atoms with Crippen LogP contribution in [0.2, 0.25) is 5.02 Å². The molecule has 2 aromatic carbocycles. The molecule has 1 N–H and O–H groups in total. The first kappa shape index (κ1) is 22.1. The third-order valence-corrected chi connectivity index (χ3v) is 6.30. The average Bonchev–Trinajstić information content (AvgIpc) is 3.33. The summed E-state index contributed by atoms with van der Waals surface area (Å²) in [5.74, 6) is 2.37. The molecule has 0 radical (unpaired) electrons. The van der Waals surface area contributed by atoms with Crippen LogP contribution in [0, 0.1) is 0 Å². The van der Waals surface area contributed by atoms with Crippen LogP contribution in [0.4, 0.5) is 5.69 Å². The lowest BCUT2D eigenvalue weighted by atomic mass is 10.1. The molecule has 1 fully saturated rings. The molecule has 0 saturated carbocycles. The molecular formula is C25H29ClN4O3. The van der Waals surface area contributed by atoms with Gasteiger partial charge in [0.1, 0.15) is 18.9 Å². The fourth-order valence-corrected chi connectivity index (χ4v) is 4.46. The molecule has 33 heavy (non-hydrogen) atoms. The number of nitrogens with zero attached hydrogens (tertiary/aromatic N) is 3. The van der Waals surface area contributed by atoms with E-state index in [1.807, 2.05) is 42.5 Å². The van der Waals surface area contributed by atoms with Crippen molar-refractivity contribution < 1.29 is 14.0 Å². The number of nitrogens with one attached hydrogen (secondary N) is 1. The van der Waals surface area contributed by atoms with Crippen molar-refractivity contribution >= 4 is 17.3 Å². The van der Waals surface area contributed by atoms with Gasteiger partial charge in [-0.2, -0.15) is 0 Å². The number of rotatable bonds is 8. The Kier molecular flexibility index (Phi) is 7.00. The summed E-state index contributed by atoms with van der Waals surface area (Å²) in [4.78, 5) is 4.93. The monoisotopic (exact) mass is 468 g/mol. The highest BCUT2D eigenvalue weighted by Gasteiger charge is 2.17. The summed E-state index contributed by atoms with van der Waals surface area (Å²) in [7, 11) is 0. The van der Waals surface area contributed by atoms with Crippen LogP contribution in [0.5, 0.6) is 11.5 Å². The zero-order chi connectivity index (χ0) is 22.5. The van der Waals surface area contributed by atoms with Gasteiger partial charge in [0.2, 0.25) is 0 Å². The van der Waals surface area contributed by atoms with Crippen molar-refractivity contribution in [3.05, 3.63) is 59.3 Å². The van der Waals surface area contributed by atoms with Crippen LogP contribution < -0.4 is 19.7 Å². The van der Waals surface area contributed by atoms with Gasteiger partial charge < -0.3 is 24.2 Å². The van der Waals surface area contributed by atoms with E-state index >= 15 is 0 Å². The molecule has 8 heteroatoms. The second-order valence-electron chi connectivity index (χ2n) is 8.38. The topological polar surface area (TPSA) is 63.0 Å². The Balaban J connectivity index is 1.02. The molecule has 5 rings (SSSR count). The minimum Gasteiger partial charge on any atom is -0.486 e. The number of fused-ring (bicyclic) bond motifs is 1. The highest BCUT2D eigenvalue weighted by molar-refractivity contribution is 6.30. The van der Waals surface area contributed by atoms with E-state index in [9.17, 15) is 0 Å². The van der Waals surface area contributed by atoms with Crippen LogP contribution in [0.1, 0.15) is 12.2 Å². The van der Waals surface area contributed by atoms with Crippen LogP contribution in [-0.4, -0.2) is 62.5 Å². The van der Waals surface area contributed by atoms with Gasteiger partial charge in [0.25, 0.3) is 0 Å². The van der Waals surface area contributed by atoms with Crippen LogP contribution in [-0.2, 0) is 6.54 Å². The third kappa shape index (κ3) is 5.61. The summed E-state index contributed by atoms with van der Waals surface area (Å²) in [5.41, 5.74) is 2.99. The predicted octanol–water partition coefficient (Wildman–Crippen LogP) is 4.07. The van der Waals surface area contributed by atoms with E-state index in [1.54, 1.807) is 0 Å². The lowest BCUT2D eigenvalue weighted by molar-refractivity contribution is 0.171. The van der Waals surface area contributed by atoms with Gasteiger partial charge in [0, 0.05) is 48.5 Å².